The van der Waals surface area contributed by atoms with Crippen molar-refractivity contribution in [2.45, 2.75) is 45.8 Å². The van der Waals surface area contributed by atoms with E-state index in [2.05, 4.69) is 35.9 Å². The van der Waals surface area contributed by atoms with Gasteiger partial charge >= 0.3 is 0 Å². The summed E-state index contributed by atoms with van der Waals surface area (Å²) in [7, 11) is 0. The van der Waals surface area contributed by atoms with Crippen LogP contribution in [-0.4, -0.2) is 67.3 Å². The topological polar surface area (TPSA) is 44.8 Å². The highest BCUT2D eigenvalue weighted by molar-refractivity contribution is 5.84. The number of amides is 1. The monoisotopic (exact) mass is 283 g/mol. The van der Waals surface area contributed by atoms with Gasteiger partial charge in [-0.1, -0.05) is 20.8 Å². The predicted octanol–water partition coefficient (Wildman–Crippen LogP) is 0.901. The molecule has 0 aromatic heterocycles. The maximum absolute atomic E-state index is 12.4. The Morgan fingerprint density at radius 2 is 2.00 bits per heavy atom. The van der Waals surface area contributed by atoms with Gasteiger partial charge in [0.1, 0.15) is 0 Å². The Labute approximate surface area is 122 Å². The number of rotatable bonds is 6. The molecule has 0 radical (unpaired) electrons. The Balaban J connectivity index is 1.81. The zero-order valence-electron chi connectivity index (χ0n) is 13.1. The van der Waals surface area contributed by atoms with Crippen molar-refractivity contribution in [2.24, 2.45) is 5.92 Å². The number of morpholine rings is 1. The number of nitrogens with one attached hydrogen (secondary N) is 1. The molecular formula is C15H29N3O2. The van der Waals surface area contributed by atoms with Crippen molar-refractivity contribution in [1.29, 1.82) is 0 Å². The van der Waals surface area contributed by atoms with Crippen LogP contribution in [0, 0.1) is 5.92 Å². The van der Waals surface area contributed by atoms with E-state index >= 15 is 0 Å². The highest BCUT2D eigenvalue weighted by Crippen LogP contribution is 2.19. The van der Waals surface area contributed by atoms with Crippen LogP contribution >= 0.6 is 0 Å². The van der Waals surface area contributed by atoms with E-state index in [9.17, 15) is 4.79 Å². The van der Waals surface area contributed by atoms with Crippen LogP contribution in [0.25, 0.3) is 0 Å². The molecule has 1 amide bonds. The lowest BCUT2D eigenvalue weighted by Crippen LogP contribution is -2.43. The molecule has 2 fully saturated rings. The summed E-state index contributed by atoms with van der Waals surface area (Å²) in [5, 5.41) is 3.47. The fraction of sp³-hybridized carbons (Fsp3) is 0.933. The predicted molar refractivity (Wildman–Crippen MR) is 79.4 cm³/mol. The quantitative estimate of drug-likeness (QED) is 0.787. The summed E-state index contributed by atoms with van der Waals surface area (Å²) in [5.41, 5.74) is 0. The molecule has 0 bridgehead atoms. The minimum Gasteiger partial charge on any atom is -0.379 e. The van der Waals surface area contributed by atoms with Crippen molar-refractivity contribution in [1.82, 2.24) is 15.1 Å². The van der Waals surface area contributed by atoms with Gasteiger partial charge in [-0.3, -0.25) is 15.0 Å². The molecule has 0 aromatic rings. The summed E-state index contributed by atoms with van der Waals surface area (Å²) in [6.07, 6.45) is 2.13. The van der Waals surface area contributed by atoms with Gasteiger partial charge in [0.15, 0.2) is 0 Å². The van der Waals surface area contributed by atoms with Crippen molar-refractivity contribution in [3.63, 3.8) is 0 Å². The van der Waals surface area contributed by atoms with Gasteiger partial charge in [-0.25, -0.2) is 0 Å². The molecule has 0 aliphatic carbocycles. The van der Waals surface area contributed by atoms with E-state index in [0.29, 0.717) is 5.92 Å². The normalized spacial score (nSPS) is 28.6. The number of nitrogens with zero attached hydrogens (tertiary/aromatic N) is 2. The van der Waals surface area contributed by atoms with Gasteiger partial charge < -0.3 is 9.64 Å². The van der Waals surface area contributed by atoms with Crippen molar-refractivity contribution in [3.8, 4) is 0 Å². The Kier molecular flexibility index (Phi) is 5.81. The molecule has 1 N–H and O–H groups in total. The maximum atomic E-state index is 12.4. The van der Waals surface area contributed by atoms with Gasteiger partial charge in [-0.05, 0) is 18.8 Å². The third-order valence-electron chi connectivity index (χ3n) is 4.31. The minimum absolute atomic E-state index is 0.0192. The summed E-state index contributed by atoms with van der Waals surface area (Å²) in [6, 6.07) is 0.0192. The Hall–Kier alpha value is -0.650. The summed E-state index contributed by atoms with van der Waals surface area (Å²) in [6.45, 7) is 12.1. The lowest BCUT2D eigenvalue weighted by molar-refractivity contribution is -0.130. The van der Waals surface area contributed by atoms with Crippen LogP contribution in [-0.2, 0) is 9.53 Å². The first kappa shape index (κ1) is 15.7. The zero-order valence-corrected chi connectivity index (χ0v) is 13.1. The van der Waals surface area contributed by atoms with Gasteiger partial charge in [0.25, 0.3) is 0 Å². The van der Waals surface area contributed by atoms with E-state index in [-0.39, 0.29) is 18.1 Å². The molecule has 0 spiro atoms. The third-order valence-corrected chi connectivity index (χ3v) is 4.31. The second kappa shape index (κ2) is 7.38. The number of ether oxygens (including phenoxy) is 1. The van der Waals surface area contributed by atoms with Crippen LogP contribution in [0.2, 0.25) is 0 Å². The van der Waals surface area contributed by atoms with Crippen LogP contribution in [0.1, 0.15) is 33.6 Å². The van der Waals surface area contributed by atoms with Crippen LogP contribution in [0.5, 0.6) is 0 Å². The largest absolute Gasteiger partial charge is 0.379 e. The third kappa shape index (κ3) is 3.71. The van der Waals surface area contributed by atoms with Gasteiger partial charge in [-0.15, -0.1) is 0 Å². The van der Waals surface area contributed by atoms with Gasteiger partial charge in [0.2, 0.25) is 5.91 Å². The van der Waals surface area contributed by atoms with E-state index < -0.39 is 0 Å². The van der Waals surface area contributed by atoms with E-state index in [1.807, 2.05) is 0 Å². The number of carbonyl (C=O) groups is 1. The SMILES string of the molecule is CCC1NC(C(C)C)N(CCCN2CCOCC2)C1=O. The first-order valence-corrected chi connectivity index (χ1v) is 8.00. The Morgan fingerprint density at radius 1 is 1.30 bits per heavy atom. The highest BCUT2D eigenvalue weighted by atomic mass is 16.5. The number of hydrogen-bond donors (Lipinski definition) is 1. The van der Waals surface area contributed by atoms with E-state index in [1.54, 1.807) is 0 Å². The molecule has 5 heteroatoms. The molecule has 2 aliphatic heterocycles. The lowest BCUT2D eigenvalue weighted by atomic mass is 10.1. The highest BCUT2D eigenvalue weighted by Gasteiger charge is 2.38. The average molecular weight is 283 g/mol. The number of hydrogen-bond acceptors (Lipinski definition) is 4. The molecule has 2 aliphatic rings. The number of carbonyl (C=O) groups excluding carboxylic acids is 1. The molecule has 2 unspecified atom stereocenters. The second-order valence-corrected chi connectivity index (χ2v) is 6.16. The first-order valence-electron chi connectivity index (χ1n) is 8.00. The standard InChI is InChI=1S/C15H29N3O2/c1-4-13-15(19)18(14(16-13)12(2)3)7-5-6-17-8-10-20-11-9-17/h12-14,16H,4-11H2,1-3H3. The summed E-state index contributed by atoms with van der Waals surface area (Å²) in [4.78, 5) is 16.8. The first-order chi connectivity index (χ1) is 9.63. The van der Waals surface area contributed by atoms with Crippen LogP contribution in [0.3, 0.4) is 0 Å². The molecule has 2 rings (SSSR count). The zero-order chi connectivity index (χ0) is 14.5. The van der Waals surface area contributed by atoms with Gasteiger partial charge in [0, 0.05) is 26.2 Å². The summed E-state index contributed by atoms with van der Waals surface area (Å²) < 4.78 is 5.36. The van der Waals surface area contributed by atoms with Crippen LogP contribution < -0.4 is 5.32 Å². The molecule has 2 heterocycles. The van der Waals surface area contributed by atoms with E-state index in [0.717, 1.165) is 52.2 Å². The molecule has 20 heavy (non-hydrogen) atoms. The second-order valence-electron chi connectivity index (χ2n) is 6.16. The van der Waals surface area contributed by atoms with E-state index in [4.69, 9.17) is 4.74 Å². The molecule has 116 valence electrons. The Bertz CT molecular complexity index is 316. The molecule has 2 atom stereocenters. The summed E-state index contributed by atoms with van der Waals surface area (Å²) >= 11 is 0. The minimum atomic E-state index is 0.0192. The maximum Gasteiger partial charge on any atom is 0.241 e. The van der Waals surface area contributed by atoms with Crippen molar-refractivity contribution >= 4 is 5.91 Å². The van der Waals surface area contributed by atoms with Crippen molar-refractivity contribution in [2.75, 3.05) is 39.4 Å². The van der Waals surface area contributed by atoms with Crippen LogP contribution in [0.15, 0.2) is 0 Å². The fourth-order valence-electron chi connectivity index (χ4n) is 3.09. The fourth-order valence-corrected chi connectivity index (χ4v) is 3.09. The molecule has 2 saturated heterocycles. The molecule has 0 saturated carbocycles. The molecule has 5 nitrogen and oxygen atoms in total. The van der Waals surface area contributed by atoms with E-state index in [1.165, 1.54) is 0 Å². The molecule has 0 aromatic carbocycles. The van der Waals surface area contributed by atoms with Crippen LogP contribution in [0.4, 0.5) is 0 Å². The van der Waals surface area contributed by atoms with Gasteiger partial charge in [-0.2, -0.15) is 0 Å². The van der Waals surface area contributed by atoms with Gasteiger partial charge in [0.05, 0.1) is 25.4 Å². The smallest absolute Gasteiger partial charge is 0.241 e. The Morgan fingerprint density at radius 3 is 2.60 bits per heavy atom. The summed E-state index contributed by atoms with van der Waals surface area (Å²) in [5.74, 6) is 0.743. The molecular weight excluding hydrogens is 254 g/mol. The van der Waals surface area contributed by atoms with Crippen molar-refractivity contribution < 1.29 is 9.53 Å². The lowest BCUT2D eigenvalue weighted by Gasteiger charge is -2.30. The van der Waals surface area contributed by atoms with Crippen molar-refractivity contribution in [3.05, 3.63) is 0 Å². The average Bonchev–Trinajstić information content (AvgIpc) is 2.77.